The second kappa shape index (κ2) is 9.43. The van der Waals surface area contributed by atoms with E-state index in [0.29, 0.717) is 24.5 Å². The minimum atomic E-state index is -0.696. The predicted molar refractivity (Wildman–Crippen MR) is 116 cm³/mol. The third-order valence-corrected chi connectivity index (χ3v) is 5.83. The summed E-state index contributed by atoms with van der Waals surface area (Å²) in [6.45, 7) is 7.92. The molecule has 1 aliphatic heterocycles. The SMILES string of the molecule is CC(C)Cc1cc(C(=O)Nc2cccc(C(C)N3CCC(C(=O)O)CC3)c2)n(C)n1. The van der Waals surface area contributed by atoms with Crippen LogP contribution in [-0.4, -0.2) is 44.8 Å². The molecule has 3 rings (SSSR count). The van der Waals surface area contributed by atoms with E-state index in [1.54, 1.807) is 11.7 Å². The fourth-order valence-electron chi connectivity index (χ4n) is 4.07. The van der Waals surface area contributed by atoms with Crippen molar-refractivity contribution in [3.8, 4) is 0 Å². The lowest BCUT2D eigenvalue weighted by atomic mass is 9.94. The van der Waals surface area contributed by atoms with Gasteiger partial charge in [-0.1, -0.05) is 26.0 Å². The molecule has 0 bridgehead atoms. The van der Waals surface area contributed by atoms with Gasteiger partial charge >= 0.3 is 5.97 Å². The molecular formula is C23H32N4O3. The fraction of sp³-hybridized carbons (Fsp3) is 0.522. The van der Waals surface area contributed by atoms with Gasteiger partial charge in [-0.2, -0.15) is 5.10 Å². The van der Waals surface area contributed by atoms with Crippen molar-refractivity contribution in [2.45, 2.75) is 46.1 Å². The Hall–Kier alpha value is -2.67. The van der Waals surface area contributed by atoms with Crippen LogP contribution >= 0.6 is 0 Å². The van der Waals surface area contributed by atoms with Gasteiger partial charge in [0.1, 0.15) is 5.69 Å². The topological polar surface area (TPSA) is 87.5 Å². The molecule has 162 valence electrons. The maximum Gasteiger partial charge on any atom is 0.306 e. The van der Waals surface area contributed by atoms with E-state index < -0.39 is 5.97 Å². The molecule has 0 radical (unpaired) electrons. The van der Waals surface area contributed by atoms with Crippen molar-refractivity contribution in [1.82, 2.24) is 14.7 Å². The number of nitrogens with zero attached hydrogens (tertiary/aromatic N) is 3. The lowest BCUT2D eigenvalue weighted by Gasteiger charge is -2.35. The highest BCUT2D eigenvalue weighted by molar-refractivity contribution is 6.03. The van der Waals surface area contributed by atoms with Gasteiger partial charge in [0.25, 0.3) is 5.91 Å². The minimum absolute atomic E-state index is 0.158. The fourth-order valence-corrected chi connectivity index (χ4v) is 4.07. The number of carboxylic acids is 1. The average molecular weight is 413 g/mol. The number of aromatic nitrogens is 2. The van der Waals surface area contributed by atoms with Crippen LogP contribution in [0.1, 0.15) is 61.4 Å². The Balaban J connectivity index is 1.66. The highest BCUT2D eigenvalue weighted by atomic mass is 16.4. The van der Waals surface area contributed by atoms with Crippen molar-refractivity contribution < 1.29 is 14.7 Å². The number of rotatable bonds is 7. The van der Waals surface area contributed by atoms with E-state index >= 15 is 0 Å². The highest BCUT2D eigenvalue weighted by Crippen LogP contribution is 2.28. The number of aliphatic carboxylic acids is 1. The number of anilines is 1. The van der Waals surface area contributed by atoms with Crippen LogP contribution in [0.3, 0.4) is 0 Å². The monoisotopic (exact) mass is 412 g/mol. The Morgan fingerprint density at radius 1 is 1.20 bits per heavy atom. The van der Waals surface area contributed by atoms with E-state index in [-0.39, 0.29) is 17.9 Å². The summed E-state index contributed by atoms with van der Waals surface area (Å²) in [5.74, 6) is -0.626. The summed E-state index contributed by atoms with van der Waals surface area (Å²) in [5, 5.41) is 16.6. The van der Waals surface area contributed by atoms with Crippen molar-refractivity contribution in [2.75, 3.05) is 18.4 Å². The Labute approximate surface area is 178 Å². The number of amides is 1. The first-order chi connectivity index (χ1) is 14.2. The van der Waals surface area contributed by atoms with Gasteiger partial charge in [0.15, 0.2) is 0 Å². The van der Waals surface area contributed by atoms with E-state index in [1.165, 1.54) is 0 Å². The molecule has 0 aliphatic carbocycles. The maximum atomic E-state index is 12.8. The van der Waals surface area contributed by atoms with Crippen molar-refractivity contribution in [3.05, 3.63) is 47.3 Å². The van der Waals surface area contributed by atoms with E-state index in [2.05, 4.69) is 42.2 Å². The van der Waals surface area contributed by atoms with Crippen LogP contribution in [0.15, 0.2) is 30.3 Å². The minimum Gasteiger partial charge on any atom is -0.481 e. The van der Waals surface area contributed by atoms with Crippen LogP contribution in [0.4, 0.5) is 5.69 Å². The van der Waals surface area contributed by atoms with E-state index in [0.717, 1.165) is 36.5 Å². The molecule has 1 fully saturated rings. The van der Waals surface area contributed by atoms with Crippen molar-refractivity contribution in [3.63, 3.8) is 0 Å². The van der Waals surface area contributed by atoms with Crippen LogP contribution in [0, 0.1) is 11.8 Å². The van der Waals surface area contributed by atoms with Crippen LogP contribution < -0.4 is 5.32 Å². The molecule has 0 spiro atoms. The number of hydrogen-bond acceptors (Lipinski definition) is 4. The largest absolute Gasteiger partial charge is 0.481 e. The molecule has 7 nitrogen and oxygen atoms in total. The molecule has 1 saturated heterocycles. The molecule has 1 unspecified atom stereocenters. The maximum absolute atomic E-state index is 12.8. The lowest BCUT2D eigenvalue weighted by Crippen LogP contribution is -2.37. The van der Waals surface area contributed by atoms with Gasteiger partial charge in [-0.3, -0.25) is 19.2 Å². The first kappa shape index (κ1) is 22.0. The van der Waals surface area contributed by atoms with Gasteiger partial charge in [-0.25, -0.2) is 0 Å². The van der Waals surface area contributed by atoms with Gasteiger partial charge in [-0.15, -0.1) is 0 Å². The lowest BCUT2D eigenvalue weighted by molar-refractivity contribution is -0.143. The van der Waals surface area contributed by atoms with Gasteiger partial charge in [0.2, 0.25) is 0 Å². The smallest absolute Gasteiger partial charge is 0.306 e. The summed E-state index contributed by atoms with van der Waals surface area (Å²) in [6, 6.07) is 9.89. The molecule has 2 heterocycles. The van der Waals surface area contributed by atoms with E-state index in [4.69, 9.17) is 0 Å². The third kappa shape index (κ3) is 5.27. The molecule has 2 N–H and O–H groups in total. The number of piperidine rings is 1. The van der Waals surface area contributed by atoms with Crippen LogP contribution in [0.2, 0.25) is 0 Å². The van der Waals surface area contributed by atoms with Crippen molar-refractivity contribution >= 4 is 17.6 Å². The summed E-state index contributed by atoms with van der Waals surface area (Å²) in [7, 11) is 1.79. The molecule has 1 amide bonds. The van der Waals surface area contributed by atoms with Crippen LogP contribution in [0.25, 0.3) is 0 Å². The number of carbonyl (C=O) groups is 2. The van der Waals surface area contributed by atoms with Crippen molar-refractivity contribution in [2.24, 2.45) is 18.9 Å². The molecule has 7 heteroatoms. The molecule has 1 aromatic carbocycles. The Bertz CT molecular complexity index is 898. The number of aryl methyl sites for hydroxylation is 1. The molecular weight excluding hydrogens is 380 g/mol. The molecule has 30 heavy (non-hydrogen) atoms. The standard InChI is InChI=1S/C23H32N4O3/c1-15(2)12-20-14-21(26(4)25-20)22(28)24-19-7-5-6-18(13-19)16(3)27-10-8-17(9-11-27)23(29)30/h5-7,13-17H,8-12H2,1-4H3,(H,24,28)(H,29,30). The molecule has 1 aromatic heterocycles. The quantitative estimate of drug-likeness (QED) is 0.724. The molecule has 0 saturated carbocycles. The number of nitrogens with one attached hydrogen (secondary N) is 1. The Kier molecular flexibility index (Phi) is 6.92. The third-order valence-electron chi connectivity index (χ3n) is 5.83. The number of carboxylic acid groups (broad SMARTS) is 1. The number of carbonyl (C=O) groups excluding carboxylic acids is 1. The average Bonchev–Trinajstić information content (AvgIpc) is 3.07. The summed E-state index contributed by atoms with van der Waals surface area (Å²) >= 11 is 0. The first-order valence-corrected chi connectivity index (χ1v) is 10.7. The van der Waals surface area contributed by atoms with E-state index in [9.17, 15) is 14.7 Å². The van der Waals surface area contributed by atoms with Gasteiger partial charge in [0.05, 0.1) is 11.6 Å². The number of benzene rings is 1. The summed E-state index contributed by atoms with van der Waals surface area (Å²) in [4.78, 5) is 26.3. The zero-order valence-electron chi connectivity index (χ0n) is 18.3. The van der Waals surface area contributed by atoms with Gasteiger partial charge in [0, 0.05) is 18.8 Å². The molecule has 1 atom stereocenters. The van der Waals surface area contributed by atoms with Gasteiger partial charge < -0.3 is 10.4 Å². The number of hydrogen-bond donors (Lipinski definition) is 2. The molecule has 1 aliphatic rings. The normalized spacial score (nSPS) is 16.6. The second-order valence-corrected chi connectivity index (χ2v) is 8.65. The van der Waals surface area contributed by atoms with Crippen LogP contribution in [-0.2, 0) is 18.3 Å². The second-order valence-electron chi connectivity index (χ2n) is 8.65. The van der Waals surface area contributed by atoms with Crippen molar-refractivity contribution in [1.29, 1.82) is 0 Å². The predicted octanol–water partition coefficient (Wildman–Crippen LogP) is 3.73. The van der Waals surface area contributed by atoms with E-state index in [1.807, 2.05) is 24.3 Å². The zero-order chi connectivity index (χ0) is 21.8. The number of likely N-dealkylation sites (tertiary alicyclic amines) is 1. The first-order valence-electron chi connectivity index (χ1n) is 10.7. The highest BCUT2D eigenvalue weighted by Gasteiger charge is 2.27. The van der Waals surface area contributed by atoms with Gasteiger partial charge in [-0.05, 0) is 69.0 Å². The van der Waals surface area contributed by atoms with Crippen LogP contribution in [0.5, 0.6) is 0 Å². The summed E-state index contributed by atoms with van der Waals surface area (Å²) in [5.41, 5.74) is 3.31. The summed E-state index contributed by atoms with van der Waals surface area (Å²) in [6.07, 6.45) is 2.19. The molecule has 2 aromatic rings. The zero-order valence-corrected chi connectivity index (χ0v) is 18.3. The Morgan fingerprint density at radius 3 is 2.53 bits per heavy atom. The Morgan fingerprint density at radius 2 is 1.90 bits per heavy atom. The summed E-state index contributed by atoms with van der Waals surface area (Å²) < 4.78 is 1.63.